The van der Waals surface area contributed by atoms with Gasteiger partial charge < -0.3 is 10.2 Å². The van der Waals surface area contributed by atoms with Crippen LogP contribution in [0.2, 0.25) is 0 Å². The number of aliphatic imine (C=N–C) groups is 1. The minimum absolute atomic E-state index is 0.494. The summed E-state index contributed by atoms with van der Waals surface area (Å²) < 4.78 is 1.23. The summed E-state index contributed by atoms with van der Waals surface area (Å²) in [7, 11) is 0. The lowest BCUT2D eigenvalue weighted by Crippen LogP contribution is -2.30. The van der Waals surface area contributed by atoms with Gasteiger partial charge in [0.15, 0.2) is 10.3 Å². The molecule has 0 spiro atoms. The van der Waals surface area contributed by atoms with Crippen molar-refractivity contribution in [2.45, 2.75) is 43.0 Å². The smallest absolute Gasteiger partial charge is 0.183 e. The number of fused-ring (bicyclic) bond motifs is 4. The van der Waals surface area contributed by atoms with E-state index in [4.69, 9.17) is 4.99 Å². The Kier molecular flexibility index (Phi) is 5.09. The number of hydrogen-bond donors (Lipinski definition) is 1. The molecule has 1 N–H and O–H groups in total. The number of nitrogens with zero attached hydrogens (tertiary/aromatic N) is 3. The molecule has 7 rings (SSSR count). The minimum Gasteiger partial charge on any atom is -0.361 e. The zero-order valence-corrected chi connectivity index (χ0v) is 20.5. The zero-order chi connectivity index (χ0) is 22.5. The Morgan fingerprint density at radius 2 is 1.88 bits per heavy atom. The highest BCUT2D eigenvalue weighted by molar-refractivity contribution is 8.14. The third-order valence-corrected chi connectivity index (χ3v) is 9.22. The number of nitrogens with one attached hydrogen (secondary N) is 1. The van der Waals surface area contributed by atoms with Gasteiger partial charge in [-0.05, 0) is 66.6 Å². The van der Waals surface area contributed by atoms with Crippen molar-refractivity contribution in [2.75, 3.05) is 11.9 Å². The van der Waals surface area contributed by atoms with Gasteiger partial charge in [-0.3, -0.25) is 0 Å². The molecule has 6 heteroatoms. The average Bonchev–Trinajstić information content (AvgIpc) is 3.36. The van der Waals surface area contributed by atoms with Crippen LogP contribution in [0, 0.1) is 0 Å². The Bertz CT molecular complexity index is 1360. The van der Waals surface area contributed by atoms with Crippen molar-refractivity contribution in [3.63, 3.8) is 0 Å². The van der Waals surface area contributed by atoms with Crippen LogP contribution in [0.15, 0.2) is 77.8 Å². The van der Waals surface area contributed by atoms with Crippen LogP contribution in [0.1, 0.15) is 35.6 Å². The second-order valence-corrected chi connectivity index (χ2v) is 11.6. The molecule has 170 valence electrons. The van der Waals surface area contributed by atoms with Gasteiger partial charge in [-0.25, -0.2) is 9.98 Å². The van der Waals surface area contributed by atoms with E-state index < -0.39 is 0 Å². The van der Waals surface area contributed by atoms with Crippen molar-refractivity contribution in [2.24, 2.45) is 4.99 Å². The molecule has 2 atom stereocenters. The predicted molar refractivity (Wildman–Crippen MR) is 144 cm³/mol. The summed E-state index contributed by atoms with van der Waals surface area (Å²) in [6.07, 6.45) is 4.70. The van der Waals surface area contributed by atoms with Gasteiger partial charge in [-0.1, -0.05) is 71.6 Å². The molecule has 3 aliphatic rings. The molecule has 1 aliphatic heterocycles. The molecular weight excluding hydrogens is 456 g/mol. The number of thiazole rings is 1. The van der Waals surface area contributed by atoms with Crippen molar-refractivity contribution in [1.82, 2.24) is 9.88 Å². The van der Waals surface area contributed by atoms with E-state index in [1.165, 1.54) is 39.4 Å². The van der Waals surface area contributed by atoms with Gasteiger partial charge in [0.25, 0.3) is 0 Å². The number of hydrogen-bond acceptors (Lipinski definition) is 5. The van der Waals surface area contributed by atoms with Crippen LogP contribution in [-0.2, 0) is 12.8 Å². The van der Waals surface area contributed by atoms with Crippen LogP contribution in [0.25, 0.3) is 10.2 Å². The van der Waals surface area contributed by atoms with Gasteiger partial charge in [0.1, 0.15) is 0 Å². The summed E-state index contributed by atoms with van der Waals surface area (Å²) in [5.41, 5.74) is 6.49. The minimum atomic E-state index is 0.494. The maximum Gasteiger partial charge on any atom is 0.183 e. The van der Waals surface area contributed by atoms with Crippen molar-refractivity contribution in [3.05, 3.63) is 89.5 Å². The number of aromatic nitrogens is 1. The van der Waals surface area contributed by atoms with Crippen molar-refractivity contribution in [1.29, 1.82) is 0 Å². The lowest BCUT2D eigenvalue weighted by Gasteiger charge is -2.26. The van der Waals surface area contributed by atoms with Crippen molar-refractivity contribution in [3.8, 4) is 0 Å². The molecule has 4 aromatic rings. The fraction of sp³-hybridized carbons (Fsp3) is 0.286. The van der Waals surface area contributed by atoms with E-state index in [2.05, 4.69) is 81.9 Å². The largest absolute Gasteiger partial charge is 0.361 e. The van der Waals surface area contributed by atoms with Crippen LogP contribution in [0.5, 0.6) is 0 Å². The topological polar surface area (TPSA) is 40.5 Å². The molecule has 2 fully saturated rings. The van der Waals surface area contributed by atoms with E-state index in [0.717, 1.165) is 35.7 Å². The molecule has 1 aromatic heterocycles. The van der Waals surface area contributed by atoms with Gasteiger partial charge in [0.2, 0.25) is 0 Å². The Morgan fingerprint density at radius 1 is 1.00 bits per heavy atom. The molecule has 0 radical (unpaired) electrons. The van der Waals surface area contributed by atoms with Crippen molar-refractivity contribution >= 4 is 49.3 Å². The molecule has 2 heterocycles. The maximum absolute atomic E-state index is 5.19. The molecule has 1 saturated heterocycles. The van der Waals surface area contributed by atoms with Crippen molar-refractivity contribution < 1.29 is 0 Å². The molecule has 2 aliphatic carbocycles. The van der Waals surface area contributed by atoms with Crippen LogP contribution < -0.4 is 5.32 Å². The van der Waals surface area contributed by atoms with Crippen LogP contribution in [0.4, 0.5) is 10.8 Å². The Labute approximate surface area is 208 Å². The molecule has 0 bridgehead atoms. The maximum atomic E-state index is 5.19. The van der Waals surface area contributed by atoms with E-state index in [9.17, 15) is 0 Å². The standard InChI is InChI=1S/C28H26N4S2/c1-2-9-22-19(7-1)17-25-26(22)32(21-12-13-21)28(34-25)30-20-8-5-6-18(16-20)14-15-29-27-31-23-10-3-4-11-24(23)33-27/h1-11,16,21,25-26H,12-15,17H2,(H,29,31)/b30-28+/t25?,26-/m0/s1. The molecular formula is C28H26N4S2. The zero-order valence-electron chi connectivity index (χ0n) is 18.9. The summed E-state index contributed by atoms with van der Waals surface area (Å²) in [5, 5.41) is 6.31. The third-order valence-electron chi connectivity index (χ3n) is 6.98. The van der Waals surface area contributed by atoms with Gasteiger partial charge in [0.05, 0.1) is 21.9 Å². The van der Waals surface area contributed by atoms with E-state index in [1.54, 1.807) is 11.3 Å². The number of thioether (sulfide) groups is 1. The highest BCUT2D eigenvalue weighted by Gasteiger charge is 2.50. The highest BCUT2D eigenvalue weighted by Crippen LogP contribution is 2.53. The quantitative estimate of drug-likeness (QED) is 0.327. The Hall–Kier alpha value is -2.83. The molecule has 0 amide bonds. The first-order chi connectivity index (χ1) is 16.8. The van der Waals surface area contributed by atoms with Crippen LogP contribution >= 0.6 is 23.1 Å². The SMILES string of the molecule is c1cc(CCNc2nc3ccccc3s2)cc(/N=C2/SC3Cc4ccccc4[C@@H]3N2C2CC2)c1. The second kappa shape index (κ2) is 8.43. The summed E-state index contributed by atoms with van der Waals surface area (Å²) in [5.74, 6) is 0. The Morgan fingerprint density at radius 3 is 2.79 bits per heavy atom. The summed E-state index contributed by atoms with van der Waals surface area (Å²) >= 11 is 3.71. The molecule has 1 unspecified atom stereocenters. The van der Waals surface area contributed by atoms with Gasteiger partial charge in [-0.2, -0.15) is 0 Å². The molecule has 3 aromatic carbocycles. The third kappa shape index (κ3) is 3.79. The summed E-state index contributed by atoms with van der Waals surface area (Å²) in [6, 6.07) is 27.2. The first-order valence-electron chi connectivity index (χ1n) is 12.1. The first kappa shape index (κ1) is 20.5. The van der Waals surface area contributed by atoms with E-state index in [1.807, 2.05) is 17.8 Å². The number of benzene rings is 3. The number of para-hydroxylation sites is 1. The van der Waals surface area contributed by atoms with Crippen LogP contribution in [0.3, 0.4) is 0 Å². The lowest BCUT2D eigenvalue weighted by atomic mass is 10.1. The van der Waals surface area contributed by atoms with E-state index >= 15 is 0 Å². The van der Waals surface area contributed by atoms with E-state index in [-0.39, 0.29) is 0 Å². The fourth-order valence-electron chi connectivity index (χ4n) is 5.26. The number of rotatable bonds is 6. The van der Waals surface area contributed by atoms with Gasteiger partial charge in [-0.15, -0.1) is 0 Å². The first-order valence-corrected chi connectivity index (χ1v) is 13.8. The predicted octanol–water partition coefficient (Wildman–Crippen LogP) is 6.82. The fourth-order valence-corrected chi connectivity index (χ4v) is 7.64. The van der Waals surface area contributed by atoms with Gasteiger partial charge >= 0.3 is 0 Å². The summed E-state index contributed by atoms with van der Waals surface area (Å²) in [6.45, 7) is 0.865. The monoisotopic (exact) mass is 482 g/mol. The normalized spacial score (nSPS) is 22.4. The molecule has 1 saturated carbocycles. The van der Waals surface area contributed by atoms with Gasteiger partial charge in [0, 0.05) is 17.8 Å². The van der Waals surface area contributed by atoms with E-state index in [0.29, 0.717) is 17.3 Å². The Balaban J connectivity index is 1.07. The molecule has 34 heavy (non-hydrogen) atoms. The average molecular weight is 483 g/mol. The summed E-state index contributed by atoms with van der Waals surface area (Å²) in [4.78, 5) is 12.5. The highest BCUT2D eigenvalue weighted by atomic mass is 32.2. The van der Waals surface area contributed by atoms with Crippen LogP contribution in [-0.4, -0.2) is 32.9 Å². The lowest BCUT2D eigenvalue weighted by molar-refractivity contribution is 0.330. The number of anilines is 1. The molecule has 4 nitrogen and oxygen atoms in total. The second-order valence-electron chi connectivity index (χ2n) is 9.37. The number of amidine groups is 1.